The Bertz CT molecular complexity index is 2980. The smallest absolute Gasteiger partial charge is 0.137 e. The molecule has 2 aromatic heterocycles. The molecule has 2 heterocycles. The summed E-state index contributed by atoms with van der Waals surface area (Å²) in [6, 6.07) is 64.9. The lowest BCUT2D eigenvalue weighted by Gasteiger charge is -2.29. The second-order valence-electron chi connectivity index (χ2n) is 14.2. The summed E-state index contributed by atoms with van der Waals surface area (Å²) < 4.78 is 13.2. The summed E-state index contributed by atoms with van der Waals surface area (Å²) in [6.45, 7) is 2.37. The van der Waals surface area contributed by atoms with Crippen molar-refractivity contribution in [3.63, 3.8) is 0 Å². The van der Waals surface area contributed by atoms with Crippen molar-refractivity contribution in [1.82, 2.24) is 0 Å². The highest BCUT2D eigenvalue weighted by atomic mass is 16.3. The Morgan fingerprint density at radius 1 is 0.377 bits per heavy atom. The monoisotopic (exact) mass is 679 g/mol. The van der Waals surface area contributed by atoms with Crippen LogP contribution in [-0.4, -0.2) is 0 Å². The molecule has 0 amide bonds. The molecule has 250 valence electrons. The molecule has 3 heteroatoms. The molecule has 3 nitrogen and oxygen atoms in total. The van der Waals surface area contributed by atoms with Crippen LogP contribution in [0.2, 0.25) is 0 Å². The first kappa shape index (κ1) is 29.8. The summed E-state index contributed by atoms with van der Waals surface area (Å²) >= 11 is 0. The van der Waals surface area contributed by atoms with Gasteiger partial charge in [0.2, 0.25) is 0 Å². The van der Waals surface area contributed by atoms with Gasteiger partial charge in [0, 0.05) is 56.2 Å². The third-order valence-corrected chi connectivity index (χ3v) is 11.4. The predicted molar refractivity (Wildman–Crippen MR) is 219 cm³/mol. The van der Waals surface area contributed by atoms with Gasteiger partial charge in [-0.05, 0) is 94.4 Å². The van der Waals surface area contributed by atoms with Crippen LogP contribution in [0.25, 0.3) is 66.1 Å². The molecular weight excluding hydrogens is 647 g/mol. The number of anilines is 3. The maximum atomic E-state index is 6.78. The summed E-state index contributed by atoms with van der Waals surface area (Å²) in [4.78, 5) is 2.29. The summed E-state index contributed by atoms with van der Waals surface area (Å²) in [5, 5.41) is 4.49. The first-order valence-electron chi connectivity index (χ1n) is 18.2. The average molecular weight is 680 g/mol. The van der Waals surface area contributed by atoms with Gasteiger partial charge in [-0.3, -0.25) is 0 Å². The number of para-hydroxylation sites is 1. The number of nitrogens with zero attached hydrogens (tertiary/aromatic N) is 1. The fourth-order valence-corrected chi connectivity index (χ4v) is 8.85. The molecule has 0 radical (unpaired) electrons. The van der Waals surface area contributed by atoms with Crippen molar-refractivity contribution in [1.29, 1.82) is 0 Å². The molecule has 0 unspecified atom stereocenters. The maximum Gasteiger partial charge on any atom is 0.137 e. The molecule has 53 heavy (non-hydrogen) atoms. The topological polar surface area (TPSA) is 29.5 Å². The number of hydrogen-bond donors (Lipinski definition) is 0. The minimum atomic E-state index is -0.337. The summed E-state index contributed by atoms with van der Waals surface area (Å²) in [5.41, 5.74) is 15.1. The van der Waals surface area contributed by atoms with E-state index < -0.39 is 0 Å². The summed E-state index contributed by atoms with van der Waals surface area (Å²) in [6.07, 6.45) is 0. The van der Waals surface area contributed by atoms with Gasteiger partial charge in [0.25, 0.3) is 0 Å². The normalized spacial score (nSPS) is 13.2. The van der Waals surface area contributed by atoms with Crippen LogP contribution < -0.4 is 4.90 Å². The van der Waals surface area contributed by atoms with Gasteiger partial charge in [-0.2, -0.15) is 0 Å². The molecule has 0 N–H and O–H groups in total. The van der Waals surface area contributed by atoms with Crippen molar-refractivity contribution in [2.24, 2.45) is 0 Å². The van der Waals surface area contributed by atoms with Crippen molar-refractivity contribution < 1.29 is 8.83 Å². The molecule has 1 aliphatic carbocycles. The zero-order valence-corrected chi connectivity index (χ0v) is 29.1. The third-order valence-electron chi connectivity index (χ3n) is 11.4. The van der Waals surface area contributed by atoms with E-state index in [2.05, 4.69) is 182 Å². The minimum Gasteiger partial charge on any atom is -0.456 e. The third kappa shape index (κ3) is 4.41. The average Bonchev–Trinajstić information content (AvgIpc) is 3.87. The van der Waals surface area contributed by atoms with Gasteiger partial charge in [-0.15, -0.1) is 0 Å². The summed E-state index contributed by atoms with van der Waals surface area (Å²) in [5.74, 6) is 0. The van der Waals surface area contributed by atoms with E-state index in [0.29, 0.717) is 0 Å². The van der Waals surface area contributed by atoms with E-state index in [1.165, 1.54) is 38.9 Å². The molecule has 0 saturated heterocycles. The SMILES string of the molecule is CC1(c2cccc3oc4cc(N(c5ccc(-c6ccccc6)cc5)c5ccc6c(c5)oc5ccccc56)ccc4c23)c2ccccc2-c2ccccc21. The number of benzene rings is 8. The van der Waals surface area contributed by atoms with Crippen LogP contribution in [0.1, 0.15) is 23.6 Å². The highest BCUT2D eigenvalue weighted by molar-refractivity contribution is 6.10. The van der Waals surface area contributed by atoms with E-state index >= 15 is 0 Å². The van der Waals surface area contributed by atoms with Gasteiger partial charge in [-0.25, -0.2) is 0 Å². The fourth-order valence-electron chi connectivity index (χ4n) is 8.85. The Hall–Kier alpha value is -6.84. The standard InChI is InChI=1S/C50H33NO2/c1-50(42-17-8-5-14-37(42)38-15-6-9-18-43(38)50)44-19-11-21-46-49(44)41-29-27-36(31-48(41)53-46)51(34-24-22-33(23-25-34)32-12-3-2-4-13-32)35-26-28-40-39-16-7-10-20-45(39)52-47(40)30-35/h2-31H,1H3. The Kier molecular flexibility index (Phi) is 6.38. The van der Waals surface area contributed by atoms with Crippen LogP contribution in [-0.2, 0) is 5.41 Å². The Morgan fingerprint density at radius 2 is 0.887 bits per heavy atom. The van der Waals surface area contributed by atoms with E-state index in [4.69, 9.17) is 8.83 Å². The molecule has 0 saturated carbocycles. The highest BCUT2D eigenvalue weighted by Crippen LogP contribution is 2.54. The number of rotatable bonds is 5. The van der Waals surface area contributed by atoms with Gasteiger partial charge >= 0.3 is 0 Å². The molecule has 0 bridgehead atoms. The van der Waals surface area contributed by atoms with E-state index in [-0.39, 0.29) is 5.41 Å². The molecular formula is C50H33NO2. The molecule has 0 fully saturated rings. The van der Waals surface area contributed by atoms with Crippen molar-refractivity contribution in [2.75, 3.05) is 4.90 Å². The van der Waals surface area contributed by atoms with Crippen LogP contribution >= 0.6 is 0 Å². The van der Waals surface area contributed by atoms with E-state index in [1.807, 2.05) is 12.1 Å². The van der Waals surface area contributed by atoms with Crippen LogP contribution in [0.4, 0.5) is 17.1 Å². The quantitative estimate of drug-likeness (QED) is 0.181. The van der Waals surface area contributed by atoms with Crippen molar-refractivity contribution in [3.8, 4) is 22.3 Å². The number of hydrogen-bond acceptors (Lipinski definition) is 3. The molecule has 0 atom stereocenters. The lowest BCUT2D eigenvalue weighted by atomic mass is 9.73. The largest absolute Gasteiger partial charge is 0.456 e. The first-order valence-corrected chi connectivity index (χ1v) is 18.2. The minimum absolute atomic E-state index is 0.337. The zero-order chi connectivity index (χ0) is 35.1. The highest BCUT2D eigenvalue weighted by Gasteiger charge is 2.42. The second-order valence-corrected chi connectivity index (χ2v) is 14.2. The molecule has 11 rings (SSSR count). The molecule has 1 aliphatic rings. The van der Waals surface area contributed by atoms with Gasteiger partial charge < -0.3 is 13.7 Å². The molecule has 0 aliphatic heterocycles. The Labute approximate surface area is 307 Å². The second kappa shape index (κ2) is 11.3. The lowest BCUT2D eigenvalue weighted by Crippen LogP contribution is -2.22. The first-order chi connectivity index (χ1) is 26.1. The van der Waals surface area contributed by atoms with Gasteiger partial charge in [0.05, 0.1) is 0 Å². The molecule has 10 aromatic rings. The number of fused-ring (bicyclic) bond motifs is 9. The van der Waals surface area contributed by atoms with Crippen LogP contribution in [0.5, 0.6) is 0 Å². The fraction of sp³-hybridized carbons (Fsp3) is 0.0400. The van der Waals surface area contributed by atoms with E-state index in [9.17, 15) is 0 Å². The Morgan fingerprint density at radius 3 is 1.62 bits per heavy atom. The summed E-state index contributed by atoms with van der Waals surface area (Å²) in [7, 11) is 0. The van der Waals surface area contributed by atoms with Crippen LogP contribution in [0.3, 0.4) is 0 Å². The van der Waals surface area contributed by atoms with Crippen molar-refractivity contribution >= 4 is 60.9 Å². The lowest BCUT2D eigenvalue weighted by molar-refractivity contribution is 0.666. The zero-order valence-electron chi connectivity index (χ0n) is 29.1. The van der Waals surface area contributed by atoms with Gasteiger partial charge in [0.15, 0.2) is 0 Å². The Balaban J connectivity index is 1.09. The molecule has 8 aromatic carbocycles. The van der Waals surface area contributed by atoms with Crippen molar-refractivity contribution in [2.45, 2.75) is 12.3 Å². The molecule has 0 spiro atoms. The van der Waals surface area contributed by atoms with Crippen LogP contribution in [0.15, 0.2) is 191 Å². The van der Waals surface area contributed by atoms with Crippen LogP contribution in [0, 0.1) is 0 Å². The number of furan rings is 2. The van der Waals surface area contributed by atoms with Gasteiger partial charge in [-0.1, -0.05) is 121 Å². The van der Waals surface area contributed by atoms with Crippen molar-refractivity contribution in [3.05, 3.63) is 199 Å². The van der Waals surface area contributed by atoms with E-state index in [1.54, 1.807) is 0 Å². The predicted octanol–water partition coefficient (Wildman–Crippen LogP) is 14.0. The van der Waals surface area contributed by atoms with E-state index in [0.717, 1.165) is 60.9 Å². The van der Waals surface area contributed by atoms with Gasteiger partial charge in [0.1, 0.15) is 22.3 Å². The maximum absolute atomic E-state index is 6.78.